The molecular weight excluding hydrogens is 144 g/mol. The van der Waals surface area contributed by atoms with Crippen LogP contribution in [0.2, 0.25) is 0 Å². The van der Waals surface area contributed by atoms with E-state index >= 15 is 0 Å². The Morgan fingerprint density at radius 2 is 1.33 bits per heavy atom. The van der Waals surface area contributed by atoms with E-state index in [1.54, 1.807) is 0 Å². The molecule has 3 aliphatic carbocycles. The van der Waals surface area contributed by atoms with Gasteiger partial charge in [-0.2, -0.15) is 0 Å². The van der Waals surface area contributed by atoms with Gasteiger partial charge in [0.2, 0.25) is 0 Å². The molecule has 68 valence electrons. The van der Waals surface area contributed by atoms with Gasteiger partial charge < -0.3 is 0 Å². The van der Waals surface area contributed by atoms with Crippen LogP contribution >= 0.6 is 0 Å². The summed E-state index contributed by atoms with van der Waals surface area (Å²) in [5.41, 5.74) is 0. The lowest BCUT2D eigenvalue weighted by Gasteiger charge is -2.44. The molecular formula is C12H20. The molecule has 0 saturated heterocycles. The number of rotatable bonds is 2. The van der Waals surface area contributed by atoms with Gasteiger partial charge in [-0.3, -0.25) is 0 Å². The molecule has 0 radical (unpaired) electrons. The molecule has 0 aromatic heterocycles. The third-order valence-corrected chi connectivity index (χ3v) is 4.03. The molecule has 0 nitrogen and oxygen atoms in total. The van der Waals surface area contributed by atoms with Gasteiger partial charge in [0.15, 0.2) is 0 Å². The second-order valence-corrected chi connectivity index (χ2v) is 4.43. The summed E-state index contributed by atoms with van der Waals surface area (Å²) in [5.74, 6) is 3.90. The first kappa shape index (κ1) is 8.34. The number of hydrogen-bond acceptors (Lipinski definition) is 0. The molecule has 0 N–H and O–H groups in total. The van der Waals surface area contributed by atoms with Crippen molar-refractivity contribution >= 4 is 0 Å². The molecule has 0 aromatic rings. The molecule has 4 unspecified atom stereocenters. The van der Waals surface area contributed by atoms with Crippen LogP contribution in [-0.2, 0) is 0 Å². The Morgan fingerprint density at radius 3 is 1.58 bits per heavy atom. The lowest BCUT2D eigenvalue weighted by atomic mass is 9.61. The largest absolute Gasteiger partial charge is 0.0848 e. The van der Waals surface area contributed by atoms with Crippen molar-refractivity contribution in [3.8, 4) is 0 Å². The minimum Gasteiger partial charge on any atom is -0.0848 e. The summed E-state index contributed by atoms with van der Waals surface area (Å²) in [6, 6.07) is 0. The zero-order valence-electron chi connectivity index (χ0n) is 8.29. The number of hydrogen-bond donors (Lipinski definition) is 0. The van der Waals surface area contributed by atoms with Crippen LogP contribution in [0.3, 0.4) is 0 Å². The molecule has 12 heavy (non-hydrogen) atoms. The van der Waals surface area contributed by atoms with Crippen LogP contribution in [0.5, 0.6) is 0 Å². The van der Waals surface area contributed by atoms with Gasteiger partial charge >= 0.3 is 0 Å². The van der Waals surface area contributed by atoms with Crippen molar-refractivity contribution in [1.82, 2.24) is 0 Å². The monoisotopic (exact) mass is 164 g/mol. The smallest absolute Gasteiger partial charge is 0.0202 e. The van der Waals surface area contributed by atoms with Crippen LogP contribution in [0.25, 0.3) is 0 Å². The van der Waals surface area contributed by atoms with E-state index < -0.39 is 0 Å². The van der Waals surface area contributed by atoms with Gasteiger partial charge in [-0.05, 0) is 36.5 Å². The maximum Gasteiger partial charge on any atom is -0.0202 e. The van der Waals surface area contributed by atoms with E-state index in [2.05, 4.69) is 26.0 Å². The van der Waals surface area contributed by atoms with Crippen LogP contribution in [0.1, 0.15) is 39.5 Å². The molecule has 1 fully saturated rings. The molecule has 3 aliphatic rings. The number of allylic oxidation sites excluding steroid dienone is 2. The van der Waals surface area contributed by atoms with Gasteiger partial charge in [-0.15, -0.1) is 0 Å². The van der Waals surface area contributed by atoms with Crippen molar-refractivity contribution in [2.75, 3.05) is 0 Å². The molecule has 0 heteroatoms. The zero-order chi connectivity index (χ0) is 8.55. The summed E-state index contributed by atoms with van der Waals surface area (Å²) in [7, 11) is 0. The quantitative estimate of drug-likeness (QED) is 0.547. The van der Waals surface area contributed by atoms with Crippen LogP contribution in [-0.4, -0.2) is 0 Å². The third-order valence-electron chi connectivity index (χ3n) is 4.03. The Labute approximate surface area is 76.1 Å². The second kappa shape index (κ2) is 3.24. The first-order valence-electron chi connectivity index (χ1n) is 5.55. The highest BCUT2D eigenvalue weighted by molar-refractivity contribution is 5.08. The van der Waals surface area contributed by atoms with E-state index in [-0.39, 0.29) is 0 Å². The maximum absolute atomic E-state index is 2.49. The summed E-state index contributed by atoms with van der Waals surface area (Å²) >= 11 is 0. The first-order valence-corrected chi connectivity index (χ1v) is 5.55. The van der Waals surface area contributed by atoms with E-state index in [0.717, 1.165) is 23.7 Å². The van der Waals surface area contributed by atoms with Crippen molar-refractivity contribution < 1.29 is 0 Å². The lowest BCUT2D eigenvalue weighted by Crippen LogP contribution is -2.36. The minimum absolute atomic E-state index is 0.935. The average Bonchev–Trinajstić information content (AvgIpc) is 2.18. The predicted octanol–water partition coefficient (Wildman–Crippen LogP) is 3.63. The van der Waals surface area contributed by atoms with Crippen molar-refractivity contribution in [3.63, 3.8) is 0 Å². The van der Waals surface area contributed by atoms with Crippen LogP contribution in [0, 0.1) is 23.7 Å². The van der Waals surface area contributed by atoms with Gasteiger partial charge in [-0.25, -0.2) is 0 Å². The summed E-state index contributed by atoms with van der Waals surface area (Å²) in [5, 5.41) is 0. The van der Waals surface area contributed by atoms with Crippen LogP contribution in [0.15, 0.2) is 12.2 Å². The zero-order valence-corrected chi connectivity index (χ0v) is 8.29. The van der Waals surface area contributed by atoms with E-state index in [0.29, 0.717) is 0 Å². The second-order valence-electron chi connectivity index (χ2n) is 4.43. The van der Waals surface area contributed by atoms with Gasteiger partial charge in [0.05, 0.1) is 0 Å². The Morgan fingerprint density at radius 1 is 0.917 bits per heavy atom. The van der Waals surface area contributed by atoms with Crippen molar-refractivity contribution in [2.24, 2.45) is 23.7 Å². The Bertz CT molecular complexity index is 160. The van der Waals surface area contributed by atoms with E-state index in [1.165, 1.54) is 25.7 Å². The highest BCUT2D eigenvalue weighted by atomic mass is 14.4. The van der Waals surface area contributed by atoms with Gasteiger partial charge in [0.1, 0.15) is 0 Å². The van der Waals surface area contributed by atoms with E-state index in [1.807, 2.05) is 0 Å². The van der Waals surface area contributed by atoms with Gasteiger partial charge in [-0.1, -0.05) is 38.8 Å². The molecule has 0 aliphatic heterocycles. The van der Waals surface area contributed by atoms with Crippen LogP contribution in [0.4, 0.5) is 0 Å². The van der Waals surface area contributed by atoms with E-state index in [4.69, 9.17) is 0 Å². The lowest BCUT2D eigenvalue weighted by molar-refractivity contribution is 0.114. The Hall–Kier alpha value is -0.260. The van der Waals surface area contributed by atoms with Crippen molar-refractivity contribution in [2.45, 2.75) is 39.5 Å². The average molecular weight is 164 g/mol. The normalized spacial score (nSPS) is 45.2. The summed E-state index contributed by atoms with van der Waals surface area (Å²) in [6.07, 6.45) is 10.7. The summed E-state index contributed by atoms with van der Waals surface area (Å²) < 4.78 is 0. The molecule has 3 rings (SSSR count). The highest BCUT2D eigenvalue weighted by Crippen LogP contribution is 2.47. The maximum atomic E-state index is 2.49. The highest BCUT2D eigenvalue weighted by Gasteiger charge is 2.37. The molecule has 0 heterocycles. The van der Waals surface area contributed by atoms with Crippen molar-refractivity contribution in [1.29, 1.82) is 0 Å². The number of fused-ring (bicyclic) bond motifs is 2. The molecule has 0 aromatic carbocycles. The summed E-state index contributed by atoms with van der Waals surface area (Å²) in [4.78, 5) is 0. The van der Waals surface area contributed by atoms with E-state index in [9.17, 15) is 0 Å². The molecule has 1 saturated carbocycles. The molecule has 0 spiro atoms. The SMILES string of the molecule is CCC1C2C=CC(CC2)C1CC. The molecule has 2 bridgehead atoms. The predicted molar refractivity (Wildman–Crippen MR) is 52.9 cm³/mol. The minimum atomic E-state index is 0.935. The first-order chi connectivity index (χ1) is 5.86. The Balaban J connectivity index is 2.18. The standard InChI is InChI=1S/C12H20/c1-3-11-9-5-7-10(8-6-9)12(11)4-2/h5,7,9-12H,3-4,6,8H2,1-2H3. The third kappa shape index (κ3) is 1.12. The van der Waals surface area contributed by atoms with Crippen LogP contribution < -0.4 is 0 Å². The molecule has 0 amide bonds. The summed E-state index contributed by atoms with van der Waals surface area (Å²) in [6.45, 7) is 4.73. The van der Waals surface area contributed by atoms with Gasteiger partial charge in [0, 0.05) is 0 Å². The Kier molecular flexibility index (Phi) is 2.25. The molecule has 4 atom stereocenters. The van der Waals surface area contributed by atoms with Crippen molar-refractivity contribution in [3.05, 3.63) is 12.2 Å². The van der Waals surface area contributed by atoms with Gasteiger partial charge in [0.25, 0.3) is 0 Å². The fraction of sp³-hybridized carbons (Fsp3) is 0.833. The fourth-order valence-corrected chi connectivity index (χ4v) is 3.42. The topological polar surface area (TPSA) is 0 Å². The fourth-order valence-electron chi connectivity index (χ4n) is 3.42.